The number of thioether (sulfide) groups is 1. The number of nitrogens with zero attached hydrogens (tertiary/aromatic N) is 2. The van der Waals surface area contributed by atoms with E-state index in [9.17, 15) is 9.59 Å². The van der Waals surface area contributed by atoms with E-state index in [1.54, 1.807) is 11.8 Å². The number of likely N-dealkylation sites (tertiary alicyclic amines) is 1. The summed E-state index contributed by atoms with van der Waals surface area (Å²) in [5, 5.41) is 3.09. The van der Waals surface area contributed by atoms with Crippen LogP contribution in [0.1, 0.15) is 56.6 Å². The second kappa shape index (κ2) is 10.2. The molecule has 6 heteroatoms. The quantitative estimate of drug-likeness (QED) is 0.750. The highest BCUT2D eigenvalue weighted by Crippen LogP contribution is 2.30. The van der Waals surface area contributed by atoms with Crippen molar-refractivity contribution in [3.63, 3.8) is 0 Å². The Morgan fingerprint density at radius 1 is 1.10 bits per heavy atom. The van der Waals surface area contributed by atoms with E-state index in [1.165, 1.54) is 31.5 Å². The van der Waals surface area contributed by atoms with Crippen molar-refractivity contribution in [1.82, 2.24) is 15.1 Å². The number of hydrogen-bond donors (Lipinski definition) is 1. The van der Waals surface area contributed by atoms with Gasteiger partial charge in [-0.05, 0) is 55.8 Å². The van der Waals surface area contributed by atoms with Gasteiger partial charge in [0.15, 0.2) is 0 Å². The molecule has 0 spiro atoms. The molecular formula is C24H35N3O2S. The molecule has 1 saturated carbocycles. The van der Waals surface area contributed by atoms with Crippen LogP contribution in [-0.4, -0.2) is 52.4 Å². The number of carbonyl (C=O) groups is 2. The van der Waals surface area contributed by atoms with Gasteiger partial charge in [0, 0.05) is 24.8 Å². The molecule has 1 N–H and O–H groups in total. The van der Waals surface area contributed by atoms with Gasteiger partial charge in [-0.25, -0.2) is 0 Å². The molecule has 2 aliphatic heterocycles. The van der Waals surface area contributed by atoms with E-state index in [2.05, 4.69) is 41.4 Å². The lowest BCUT2D eigenvalue weighted by Gasteiger charge is -2.30. The maximum absolute atomic E-state index is 12.9. The largest absolute Gasteiger partial charge is 0.350 e. The summed E-state index contributed by atoms with van der Waals surface area (Å²) >= 11 is 1.69. The smallest absolute Gasteiger partial charge is 0.243 e. The molecule has 1 aromatic carbocycles. The minimum absolute atomic E-state index is 0.0123. The maximum atomic E-state index is 12.9. The average Bonchev–Trinajstić information content (AvgIpc) is 3.46. The predicted octanol–water partition coefficient (Wildman–Crippen LogP) is 3.63. The third kappa shape index (κ3) is 5.38. The van der Waals surface area contributed by atoms with Crippen molar-refractivity contribution >= 4 is 23.6 Å². The van der Waals surface area contributed by atoms with Crippen molar-refractivity contribution < 1.29 is 9.59 Å². The van der Waals surface area contributed by atoms with Crippen LogP contribution in [0.2, 0.25) is 0 Å². The van der Waals surface area contributed by atoms with Crippen LogP contribution in [0.15, 0.2) is 24.3 Å². The number of amides is 2. The summed E-state index contributed by atoms with van der Waals surface area (Å²) in [6, 6.07) is 8.24. The van der Waals surface area contributed by atoms with Gasteiger partial charge in [-0.2, -0.15) is 0 Å². The first-order valence-electron chi connectivity index (χ1n) is 11.6. The molecule has 1 atom stereocenters. The second-order valence-corrected chi connectivity index (χ2v) is 10.3. The van der Waals surface area contributed by atoms with E-state index in [1.807, 2.05) is 4.90 Å². The van der Waals surface area contributed by atoms with E-state index in [4.69, 9.17) is 0 Å². The molecule has 0 bridgehead atoms. The van der Waals surface area contributed by atoms with Crippen LogP contribution < -0.4 is 5.32 Å². The van der Waals surface area contributed by atoms with Gasteiger partial charge in [0.2, 0.25) is 11.8 Å². The predicted molar refractivity (Wildman–Crippen MR) is 122 cm³/mol. The summed E-state index contributed by atoms with van der Waals surface area (Å²) in [5.74, 6) is 2.51. The highest BCUT2D eigenvalue weighted by Gasteiger charge is 2.38. The molecule has 2 amide bonds. The zero-order chi connectivity index (χ0) is 20.9. The molecule has 4 rings (SSSR count). The maximum Gasteiger partial charge on any atom is 0.243 e. The van der Waals surface area contributed by atoms with Crippen LogP contribution in [-0.2, 0) is 22.7 Å². The molecule has 0 radical (unpaired) electrons. The van der Waals surface area contributed by atoms with Crippen LogP contribution in [0.4, 0.5) is 0 Å². The molecule has 1 aliphatic carbocycles. The molecule has 1 aromatic rings. The zero-order valence-electron chi connectivity index (χ0n) is 18.1. The fourth-order valence-corrected chi connectivity index (χ4v) is 6.07. The van der Waals surface area contributed by atoms with Gasteiger partial charge in [-0.15, -0.1) is 11.8 Å². The van der Waals surface area contributed by atoms with Gasteiger partial charge in [-0.3, -0.25) is 14.5 Å². The minimum atomic E-state index is -0.318. The molecule has 5 nitrogen and oxygen atoms in total. The lowest BCUT2D eigenvalue weighted by atomic mass is 9.98. The normalized spacial score (nSPS) is 23.8. The molecule has 2 saturated heterocycles. The first-order chi connectivity index (χ1) is 14.6. The number of rotatable bonds is 6. The van der Waals surface area contributed by atoms with Crippen LogP contribution >= 0.6 is 11.8 Å². The van der Waals surface area contributed by atoms with E-state index < -0.39 is 0 Å². The summed E-state index contributed by atoms with van der Waals surface area (Å²) in [4.78, 5) is 30.0. The minimum Gasteiger partial charge on any atom is -0.350 e. The Balaban J connectivity index is 1.29. The molecule has 3 fully saturated rings. The van der Waals surface area contributed by atoms with E-state index in [0.29, 0.717) is 18.2 Å². The third-order valence-electron chi connectivity index (χ3n) is 6.91. The lowest BCUT2D eigenvalue weighted by molar-refractivity contribution is -0.141. The first kappa shape index (κ1) is 21.7. The van der Waals surface area contributed by atoms with Gasteiger partial charge in [0.1, 0.15) is 6.04 Å². The summed E-state index contributed by atoms with van der Waals surface area (Å²) in [6.45, 7) is 6.19. The molecule has 0 aromatic heterocycles. The second-order valence-electron chi connectivity index (χ2n) is 9.30. The highest BCUT2D eigenvalue weighted by molar-refractivity contribution is 7.99. The summed E-state index contributed by atoms with van der Waals surface area (Å²) in [6.07, 6.45) is 6.81. The van der Waals surface area contributed by atoms with Crippen molar-refractivity contribution in [2.45, 2.75) is 64.6 Å². The molecule has 2 heterocycles. The van der Waals surface area contributed by atoms with Crippen molar-refractivity contribution in [2.75, 3.05) is 24.7 Å². The van der Waals surface area contributed by atoms with Crippen LogP contribution in [0, 0.1) is 11.8 Å². The Labute approximate surface area is 184 Å². The highest BCUT2D eigenvalue weighted by atomic mass is 32.2. The lowest BCUT2D eigenvalue weighted by Crippen LogP contribution is -2.48. The van der Waals surface area contributed by atoms with Gasteiger partial charge in [0.25, 0.3) is 0 Å². The fourth-order valence-electron chi connectivity index (χ4n) is 4.91. The van der Waals surface area contributed by atoms with Crippen LogP contribution in [0.5, 0.6) is 0 Å². The number of benzene rings is 1. The topological polar surface area (TPSA) is 52.7 Å². The number of carbonyl (C=O) groups excluding carboxylic acids is 2. The Morgan fingerprint density at radius 3 is 2.60 bits per heavy atom. The van der Waals surface area contributed by atoms with E-state index >= 15 is 0 Å². The van der Waals surface area contributed by atoms with Crippen molar-refractivity contribution in [3.8, 4) is 0 Å². The molecule has 3 aliphatic rings. The third-order valence-corrected chi connectivity index (χ3v) is 7.93. The molecule has 1 unspecified atom stereocenters. The number of piperidine rings is 1. The Morgan fingerprint density at radius 2 is 1.83 bits per heavy atom. The summed E-state index contributed by atoms with van der Waals surface area (Å²) in [7, 11) is 0. The number of hydrogen-bond acceptors (Lipinski definition) is 4. The van der Waals surface area contributed by atoms with Gasteiger partial charge in [0.05, 0.1) is 5.88 Å². The zero-order valence-corrected chi connectivity index (χ0v) is 19.0. The van der Waals surface area contributed by atoms with Crippen molar-refractivity contribution in [3.05, 3.63) is 35.4 Å². The van der Waals surface area contributed by atoms with Gasteiger partial charge >= 0.3 is 0 Å². The summed E-state index contributed by atoms with van der Waals surface area (Å²) in [5.41, 5.74) is 2.44. The monoisotopic (exact) mass is 429 g/mol. The van der Waals surface area contributed by atoms with Gasteiger partial charge in [-0.1, -0.05) is 44.0 Å². The number of nitrogens with one attached hydrogen (secondary N) is 1. The molecule has 164 valence electrons. The van der Waals surface area contributed by atoms with Crippen LogP contribution in [0.25, 0.3) is 0 Å². The van der Waals surface area contributed by atoms with E-state index in [0.717, 1.165) is 43.7 Å². The average molecular weight is 430 g/mol. The molecular weight excluding hydrogens is 394 g/mol. The van der Waals surface area contributed by atoms with E-state index in [-0.39, 0.29) is 23.8 Å². The van der Waals surface area contributed by atoms with Crippen LogP contribution in [0.3, 0.4) is 0 Å². The SMILES string of the molecule is CC1CCN(Cc2cccc(CNC(=O)C3CSCN3C(=O)C3CCCC3)c2)CC1. The molecule has 30 heavy (non-hydrogen) atoms. The van der Waals surface area contributed by atoms with Crippen molar-refractivity contribution in [2.24, 2.45) is 11.8 Å². The Bertz CT molecular complexity index is 742. The first-order valence-corrected chi connectivity index (χ1v) is 12.7. The fraction of sp³-hybridized carbons (Fsp3) is 0.667. The van der Waals surface area contributed by atoms with Crippen molar-refractivity contribution in [1.29, 1.82) is 0 Å². The summed E-state index contributed by atoms with van der Waals surface area (Å²) < 4.78 is 0. The van der Waals surface area contributed by atoms with Gasteiger partial charge < -0.3 is 10.2 Å². The Kier molecular flexibility index (Phi) is 7.37. The standard InChI is InChI=1S/C24H35N3O2S/c1-18-9-11-26(12-10-18)15-20-6-4-5-19(13-20)14-25-23(28)22-16-30-17-27(22)24(29)21-7-2-3-8-21/h4-6,13,18,21-22H,2-3,7-12,14-17H2,1H3,(H,25,28). The Hall–Kier alpha value is -1.53.